The highest BCUT2D eigenvalue weighted by Crippen LogP contribution is 2.29. The summed E-state index contributed by atoms with van der Waals surface area (Å²) in [6.45, 7) is 1.13. The molecule has 0 bridgehead atoms. The lowest BCUT2D eigenvalue weighted by Gasteiger charge is -2.14. The van der Waals surface area contributed by atoms with Crippen LogP contribution in [0.3, 0.4) is 0 Å². The van der Waals surface area contributed by atoms with Crippen LogP contribution in [0.2, 0.25) is 0 Å². The van der Waals surface area contributed by atoms with Crippen molar-refractivity contribution >= 4 is 21.2 Å². The minimum atomic E-state index is -2.85. The first-order valence-corrected chi connectivity index (χ1v) is 10.5. The van der Waals surface area contributed by atoms with Crippen LogP contribution in [0.5, 0.6) is 11.5 Å². The van der Waals surface area contributed by atoms with Gasteiger partial charge in [0.25, 0.3) is 0 Å². The lowest BCUT2D eigenvalue weighted by atomic mass is 10.1. The van der Waals surface area contributed by atoms with Gasteiger partial charge in [0.1, 0.15) is 6.61 Å². The predicted octanol–water partition coefficient (Wildman–Crippen LogP) is 2.61. The smallest absolute Gasteiger partial charge is 0.161 e. The maximum Gasteiger partial charge on any atom is 0.161 e. The zero-order valence-corrected chi connectivity index (χ0v) is 15.2. The van der Waals surface area contributed by atoms with Crippen LogP contribution in [0, 0.1) is 0 Å². The van der Waals surface area contributed by atoms with Crippen molar-refractivity contribution < 1.29 is 17.9 Å². The molecular weight excluding hydrogens is 346 g/mol. The largest absolute Gasteiger partial charge is 0.493 e. The van der Waals surface area contributed by atoms with Gasteiger partial charge in [-0.05, 0) is 35.6 Å². The fourth-order valence-electron chi connectivity index (χ4n) is 2.70. The van der Waals surface area contributed by atoms with Gasteiger partial charge < -0.3 is 14.8 Å². The van der Waals surface area contributed by atoms with Gasteiger partial charge in [-0.1, -0.05) is 12.1 Å². The first-order chi connectivity index (χ1) is 11.6. The number of nitrogens with one attached hydrogen (secondary N) is 1. The maximum atomic E-state index is 11.5. The molecule has 0 aliphatic carbocycles. The zero-order valence-electron chi connectivity index (χ0n) is 13.5. The molecule has 0 saturated carbocycles. The van der Waals surface area contributed by atoms with E-state index in [-0.39, 0.29) is 17.5 Å². The Labute approximate surface area is 146 Å². The van der Waals surface area contributed by atoms with Crippen LogP contribution in [0.1, 0.15) is 16.9 Å². The van der Waals surface area contributed by atoms with Gasteiger partial charge in [-0.15, -0.1) is 11.3 Å². The lowest BCUT2D eigenvalue weighted by Crippen LogP contribution is -2.29. The molecule has 0 amide bonds. The number of hydrogen-bond donors (Lipinski definition) is 1. The number of benzene rings is 1. The summed E-state index contributed by atoms with van der Waals surface area (Å²) in [5.41, 5.74) is 1.04. The molecule has 1 saturated heterocycles. The number of hydrogen-bond acceptors (Lipinski definition) is 6. The van der Waals surface area contributed by atoms with Crippen molar-refractivity contribution in [3.05, 3.63) is 46.2 Å². The van der Waals surface area contributed by atoms with Crippen LogP contribution in [0.15, 0.2) is 35.7 Å². The molecule has 1 N–H and O–H groups in total. The van der Waals surface area contributed by atoms with E-state index in [1.54, 1.807) is 18.4 Å². The number of ether oxygens (including phenoxy) is 2. The summed E-state index contributed by atoms with van der Waals surface area (Å²) >= 11 is 1.66. The van der Waals surface area contributed by atoms with Crippen molar-refractivity contribution in [1.29, 1.82) is 0 Å². The average molecular weight is 367 g/mol. The van der Waals surface area contributed by atoms with Gasteiger partial charge in [-0.3, -0.25) is 0 Å². The molecule has 0 radical (unpaired) electrons. The van der Waals surface area contributed by atoms with Gasteiger partial charge >= 0.3 is 0 Å². The van der Waals surface area contributed by atoms with Crippen LogP contribution in [-0.4, -0.2) is 33.1 Å². The van der Waals surface area contributed by atoms with E-state index >= 15 is 0 Å². The standard InChI is InChI=1S/C17H21NO4S2/c1-21-17-9-13(10-18-14-6-8-24(19,20)12-14)4-5-16(17)22-11-15-3-2-7-23-15/h2-5,7,9,14,18H,6,8,10-12H2,1H3. The van der Waals surface area contributed by atoms with Crippen molar-refractivity contribution in [2.24, 2.45) is 0 Å². The van der Waals surface area contributed by atoms with Gasteiger partial charge in [0.05, 0.1) is 18.6 Å². The van der Waals surface area contributed by atoms with E-state index in [0.29, 0.717) is 31.1 Å². The second kappa shape index (κ2) is 7.55. The summed E-state index contributed by atoms with van der Waals surface area (Å²) in [4.78, 5) is 1.16. The van der Waals surface area contributed by atoms with E-state index in [4.69, 9.17) is 9.47 Å². The van der Waals surface area contributed by atoms with Crippen LogP contribution < -0.4 is 14.8 Å². The summed E-state index contributed by atoms with van der Waals surface area (Å²) in [7, 11) is -1.24. The first-order valence-electron chi connectivity index (χ1n) is 7.81. The van der Waals surface area contributed by atoms with E-state index < -0.39 is 9.84 Å². The summed E-state index contributed by atoms with van der Waals surface area (Å²) in [6, 6.07) is 9.87. The molecule has 1 atom stereocenters. The molecule has 3 rings (SSSR count). The molecule has 24 heavy (non-hydrogen) atoms. The van der Waals surface area contributed by atoms with E-state index in [0.717, 1.165) is 10.4 Å². The molecule has 2 aromatic rings. The molecule has 1 aliphatic rings. The third-order valence-electron chi connectivity index (χ3n) is 4.01. The summed E-state index contributed by atoms with van der Waals surface area (Å²) < 4.78 is 34.2. The number of sulfone groups is 1. The van der Waals surface area contributed by atoms with Gasteiger partial charge in [0.2, 0.25) is 0 Å². The second-order valence-electron chi connectivity index (χ2n) is 5.83. The lowest BCUT2D eigenvalue weighted by molar-refractivity contribution is 0.287. The molecule has 1 aliphatic heterocycles. The average Bonchev–Trinajstić information content (AvgIpc) is 3.20. The third kappa shape index (κ3) is 4.49. The van der Waals surface area contributed by atoms with Crippen molar-refractivity contribution in [1.82, 2.24) is 5.32 Å². The van der Waals surface area contributed by atoms with E-state index in [1.807, 2.05) is 35.7 Å². The van der Waals surface area contributed by atoms with Gasteiger partial charge in [0.15, 0.2) is 21.3 Å². The van der Waals surface area contributed by atoms with Crippen LogP contribution in [-0.2, 0) is 23.0 Å². The Balaban J connectivity index is 1.59. The molecule has 130 valence electrons. The quantitative estimate of drug-likeness (QED) is 0.815. The molecule has 0 spiro atoms. The van der Waals surface area contributed by atoms with Crippen LogP contribution >= 0.6 is 11.3 Å². The third-order valence-corrected chi connectivity index (χ3v) is 6.62. The van der Waals surface area contributed by atoms with Crippen molar-refractivity contribution in [2.75, 3.05) is 18.6 Å². The molecular formula is C17H21NO4S2. The first kappa shape index (κ1) is 17.3. The molecule has 2 heterocycles. The van der Waals surface area contributed by atoms with Gasteiger partial charge in [-0.25, -0.2) is 8.42 Å². The monoisotopic (exact) mass is 367 g/mol. The maximum absolute atomic E-state index is 11.5. The van der Waals surface area contributed by atoms with E-state index in [1.165, 1.54) is 0 Å². The van der Waals surface area contributed by atoms with Crippen LogP contribution in [0.4, 0.5) is 0 Å². The van der Waals surface area contributed by atoms with Crippen molar-refractivity contribution in [3.63, 3.8) is 0 Å². The summed E-state index contributed by atoms with van der Waals surface area (Å²) in [5, 5.41) is 5.33. The molecule has 5 nitrogen and oxygen atoms in total. The topological polar surface area (TPSA) is 64.6 Å². The summed E-state index contributed by atoms with van der Waals surface area (Å²) in [5.74, 6) is 1.90. The molecule has 1 aromatic heterocycles. The molecule has 1 unspecified atom stereocenters. The van der Waals surface area contributed by atoms with Crippen molar-refractivity contribution in [3.8, 4) is 11.5 Å². The zero-order chi connectivity index (χ0) is 17.0. The molecule has 1 fully saturated rings. The number of methoxy groups -OCH3 is 1. The normalized spacial score (nSPS) is 19.3. The highest BCUT2D eigenvalue weighted by atomic mass is 32.2. The van der Waals surface area contributed by atoms with Crippen molar-refractivity contribution in [2.45, 2.75) is 25.6 Å². The highest BCUT2D eigenvalue weighted by Gasteiger charge is 2.27. The predicted molar refractivity (Wildman–Crippen MR) is 95.5 cm³/mol. The Hall–Kier alpha value is -1.57. The van der Waals surface area contributed by atoms with Gasteiger partial charge in [-0.2, -0.15) is 0 Å². The van der Waals surface area contributed by atoms with E-state index in [2.05, 4.69) is 5.32 Å². The molecule has 1 aromatic carbocycles. The fourth-order valence-corrected chi connectivity index (χ4v) is 5.03. The Morgan fingerprint density at radius 3 is 2.83 bits per heavy atom. The fraction of sp³-hybridized carbons (Fsp3) is 0.412. The van der Waals surface area contributed by atoms with E-state index in [9.17, 15) is 8.42 Å². The number of thiophene rings is 1. The highest BCUT2D eigenvalue weighted by molar-refractivity contribution is 7.91. The Morgan fingerprint density at radius 1 is 1.29 bits per heavy atom. The molecule has 7 heteroatoms. The van der Waals surface area contributed by atoms with Gasteiger partial charge in [0, 0.05) is 17.5 Å². The second-order valence-corrected chi connectivity index (χ2v) is 9.10. The Kier molecular flexibility index (Phi) is 5.43. The minimum Gasteiger partial charge on any atom is -0.493 e. The minimum absolute atomic E-state index is 0.0377. The van der Waals surface area contributed by atoms with Crippen LogP contribution in [0.25, 0.3) is 0 Å². The Morgan fingerprint density at radius 2 is 2.17 bits per heavy atom. The summed E-state index contributed by atoms with van der Waals surface area (Å²) in [6.07, 6.45) is 0.682. The number of rotatable bonds is 7. The Bertz CT molecular complexity index is 772. The SMILES string of the molecule is COc1cc(CNC2CCS(=O)(=O)C2)ccc1OCc1cccs1.